The molecule has 0 aliphatic carbocycles. The summed E-state index contributed by atoms with van der Waals surface area (Å²) >= 11 is 0. The predicted octanol–water partition coefficient (Wildman–Crippen LogP) is 5.80. The first-order valence-corrected chi connectivity index (χ1v) is 10.9. The number of benzene rings is 2. The van der Waals surface area contributed by atoms with Gasteiger partial charge in [-0.2, -0.15) is 0 Å². The Morgan fingerprint density at radius 1 is 1.12 bits per heavy atom. The van der Waals surface area contributed by atoms with Gasteiger partial charge in [-0.25, -0.2) is 9.59 Å². The number of fused-ring (bicyclic) bond motifs is 1. The van der Waals surface area contributed by atoms with Crippen LogP contribution in [0.5, 0.6) is 0 Å². The summed E-state index contributed by atoms with van der Waals surface area (Å²) in [4.78, 5) is 28.8. The van der Waals surface area contributed by atoms with Gasteiger partial charge in [0.1, 0.15) is 5.60 Å². The molecule has 8 heteroatoms. The quantitative estimate of drug-likeness (QED) is 0.315. The Morgan fingerprint density at radius 2 is 1.85 bits per heavy atom. The first-order chi connectivity index (χ1) is 16.1. The average Bonchev–Trinajstić information content (AvgIpc) is 2.77. The van der Waals surface area contributed by atoms with Crippen LogP contribution in [0.25, 0.3) is 22.0 Å². The zero-order chi connectivity index (χ0) is 24.9. The molecule has 2 aromatic carbocycles. The smallest absolute Gasteiger partial charge is 0.411 e. The van der Waals surface area contributed by atoms with Gasteiger partial charge < -0.3 is 20.5 Å². The van der Waals surface area contributed by atoms with E-state index in [-0.39, 0.29) is 0 Å². The maximum Gasteiger partial charge on any atom is 0.411 e. The van der Waals surface area contributed by atoms with Crippen LogP contribution < -0.4 is 16.4 Å². The lowest BCUT2D eigenvalue weighted by Crippen LogP contribution is -2.35. The number of nitrogen functional groups attached to an aromatic ring is 1. The van der Waals surface area contributed by atoms with Crippen LogP contribution in [-0.4, -0.2) is 29.9 Å². The molecule has 0 aliphatic rings. The van der Waals surface area contributed by atoms with Gasteiger partial charge in [-0.05, 0) is 57.0 Å². The van der Waals surface area contributed by atoms with Crippen molar-refractivity contribution in [2.75, 3.05) is 18.2 Å². The minimum Gasteiger partial charge on any atom is -0.453 e. The number of anilines is 2. The number of pyridine rings is 1. The molecule has 4 N–H and O–H groups in total. The van der Waals surface area contributed by atoms with Gasteiger partial charge in [-0.15, -0.1) is 6.58 Å². The van der Waals surface area contributed by atoms with Crippen molar-refractivity contribution in [3.05, 3.63) is 66.9 Å². The first kappa shape index (κ1) is 24.6. The number of para-hydroxylation sites is 1. The van der Waals surface area contributed by atoms with Crippen LogP contribution in [-0.2, 0) is 9.47 Å². The molecule has 0 fully saturated rings. The van der Waals surface area contributed by atoms with Crippen LogP contribution in [0.15, 0.2) is 61.2 Å². The van der Waals surface area contributed by atoms with E-state index in [9.17, 15) is 9.59 Å². The van der Waals surface area contributed by atoms with E-state index in [4.69, 9.17) is 15.5 Å². The topological polar surface area (TPSA) is 116 Å². The Kier molecular flexibility index (Phi) is 7.40. The summed E-state index contributed by atoms with van der Waals surface area (Å²) in [6, 6.07) is 14.4. The van der Waals surface area contributed by atoms with Crippen LogP contribution in [0.4, 0.5) is 21.0 Å². The third-order valence-corrected chi connectivity index (χ3v) is 4.96. The lowest BCUT2D eigenvalue weighted by Gasteiger charge is -2.23. The number of ether oxygens (including phenoxy) is 2. The number of rotatable bonds is 6. The van der Waals surface area contributed by atoms with Crippen molar-refractivity contribution in [1.82, 2.24) is 10.3 Å². The van der Waals surface area contributed by atoms with Gasteiger partial charge in [0.05, 0.1) is 24.4 Å². The van der Waals surface area contributed by atoms with Crippen LogP contribution in [0.2, 0.25) is 0 Å². The number of hydrogen-bond acceptors (Lipinski definition) is 6. The molecule has 0 radical (unpaired) electrons. The number of carbonyl (C=O) groups is 2. The fourth-order valence-corrected chi connectivity index (χ4v) is 3.52. The third kappa shape index (κ3) is 6.04. The van der Waals surface area contributed by atoms with Crippen molar-refractivity contribution in [2.24, 2.45) is 0 Å². The molecule has 2 amide bonds. The molecule has 1 atom stereocenters. The third-order valence-electron chi connectivity index (χ3n) is 4.96. The van der Waals surface area contributed by atoms with Gasteiger partial charge in [-0.1, -0.05) is 30.3 Å². The van der Waals surface area contributed by atoms with Crippen LogP contribution in [0.3, 0.4) is 0 Å². The largest absolute Gasteiger partial charge is 0.453 e. The summed E-state index contributed by atoms with van der Waals surface area (Å²) in [5, 5.41) is 6.41. The highest BCUT2D eigenvalue weighted by molar-refractivity contribution is 5.98. The fraction of sp³-hybridized carbons (Fsp3) is 0.269. The zero-order valence-corrected chi connectivity index (χ0v) is 19.8. The molecule has 1 heterocycles. The number of alkyl carbamates (subject to hydrolysis) is 1. The molecule has 0 saturated heterocycles. The highest BCUT2D eigenvalue weighted by Gasteiger charge is 2.22. The molecule has 0 saturated carbocycles. The summed E-state index contributed by atoms with van der Waals surface area (Å²) in [6.45, 7) is 9.25. The summed E-state index contributed by atoms with van der Waals surface area (Å²) in [7, 11) is 1.29. The Hall–Kier alpha value is -4.07. The molecule has 0 bridgehead atoms. The molecule has 0 unspecified atom stereocenters. The van der Waals surface area contributed by atoms with E-state index in [0.717, 1.165) is 22.0 Å². The number of nitrogens with zero attached hydrogens (tertiary/aromatic N) is 1. The Morgan fingerprint density at radius 3 is 2.50 bits per heavy atom. The molecular weight excluding hydrogens is 432 g/mol. The number of nitrogens with one attached hydrogen (secondary N) is 2. The normalized spacial score (nSPS) is 12.0. The number of carbonyl (C=O) groups excluding carboxylic acids is 2. The zero-order valence-electron chi connectivity index (χ0n) is 19.8. The Labute approximate surface area is 199 Å². The van der Waals surface area contributed by atoms with Crippen molar-refractivity contribution in [1.29, 1.82) is 0 Å². The van der Waals surface area contributed by atoms with E-state index >= 15 is 0 Å². The number of aromatic nitrogens is 1. The van der Waals surface area contributed by atoms with Gasteiger partial charge in [0.25, 0.3) is 0 Å². The van der Waals surface area contributed by atoms with Crippen LogP contribution in [0, 0.1) is 0 Å². The molecule has 1 aromatic heterocycles. The number of nitrogens with two attached hydrogens (primary N) is 1. The van der Waals surface area contributed by atoms with Crippen LogP contribution >= 0.6 is 0 Å². The highest BCUT2D eigenvalue weighted by Crippen LogP contribution is 2.35. The molecule has 0 aliphatic heterocycles. The maximum atomic E-state index is 12.5. The first-order valence-electron chi connectivity index (χ1n) is 10.9. The van der Waals surface area contributed by atoms with Crippen molar-refractivity contribution in [3.8, 4) is 11.1 Å². The van der Waals surface area contributed by atoms with Gasteiger partial charge in [0, 0.05) is 22.3 Å². The number of hydrogen-bond donors (Lipinski definition) is 3. The van der Waals surface area contributed by atoms with Crippen LogP contribution in [0.1, 0.15) is 38.9 Å². The molecule has 34 heavy (non-hydrogen) atoms. The van der Waals surface area contributed by atoms with Crippen molar-refractivity contribution < 1.29 is 19.1 Å². The van der Waals surface area contributed by atoms with E-state index in [1.165, 1.54) is 7.11 Å². The van der Waals surface area contributed by atoms with E-state index < -0.39 is 23.8 Å². The van der Waals surface area contributed by atoms with Gasteiger partial charge in [-0.3, -0.25) is 10.3 Å². The molecule has 3 rings (SSSR count). The summed E-state index contributed by atoms with van der Waals surface area (Å²) in [5.74, 6) is 0. The minimum absolute atomic E-state index is 0.447. The molecule has 8 nitrogen and oxygen atoms in total. The summed E-state index contributed by atoms with van der Waals surface area (Å²) < 4.78 is 10.1. The highest BCUT2D eigenvalue weighted by atomic mass is 16.6. The lowest BCUT2D eigenvalue weighted by molar-refractivity contribution is 0.0503. The molecule has 0 spiro atoms. The van der Waals surface area contributed by atoms with Crippen molar-refractivity contribution >= 4 is 34.5 Å². The second kappa shape index (κ2) is 10.2. The Bertz CT molecular complexity index is 1220. The SMILES string of the molecule is C=CC[C@H](NC(=O)OC(C)(C)C)c1cc(-c2ccc(NC(=O)OC)cc2N)c2ccccc2n1. The second-order valence-corrected chi connectivity index (χ2v) is 8.75. The second-order valence-electron chi connectivity index (χ2n) is 8.75. The lowest BCUT2D eigenvalue weighted by atomic mass is 9.96. The fourth-order valence-electron chi connectivity index (χ4n) is 3.52. The number of amides is 2. The predicted molar refractivity (Wildman–Crippen MR) is 135 cm³/mol. The van der Waals surface area contributed by atoms with Gasteiger partial charge in [0.2, 0.25) is 0 Å². The van der Waals surface area contributed by atoms with E-state index in [1.54, 1.807) is 18.2 Å². The van der Waals surface area contributed by atoms with Gasteiger partial charge in [0.15, 0.2) is 0 Å². The van der Waals surface area contributed by atoms with Gasteiger partial charge >= 0.3 is 12.2 Å². The standard InChI is InChI=1S/C26H30N4O4/c1-6-9-22(30-25(32)34-26(2,3)4)23-15-19(18-10-7-8-11-21(18)29-23)17-13-12-16(14-20(17)27)28-24(31)33-5/h6-8,10-15,22H,1,9,27H2,2-5H3,(H,28,31)(H,30,32)/t22-/m0/s1. The minimum atomic E-state index is -0.626. The molecule has 178 valence electrons. The number of methoxy groups -OCH3 is 1. The molecule has 3 aromatic rings. The summed E-state index contributed by atoms with van der Waals surface area (Å²) in [5.41, 5.74) is 9.76. The van der Waals surface area contributed by atoms with Crippen molar-refractivity contribution in [2.45, 2.75) is 38.8 Å². The Balaban J connectivity index is 2.07. The average molecular weight is 463 g/mol. The molecular formula is C26H30N4O4. The van der Waals surface area contributed by atoms with E-state index in [2.05, 4.69) is 21.9 Å². The van der Waals surface area contributed by atoms with Crippen molar-refractivity contribution in [3.63, 3.8) is 0 Å². The summed E-state index contributed by atoms with van der Waals surface area (Å²) in [6.07, 6.45) is 1.07. The monoisotopic (exact) mass is 462 g/mol. The van der Waals surface area contributed by atoms with E-state index in [0.29, 0.717) is 23.5 Å². The maximum absolute atomic E-state index is 12.5. The van der Waals surface area contributed by atoms with E-state index in [1.807, 2.05) is 57.2 Å².